The number of fused-ring (bicyclic) bond motifs is 1. The van der Waals surface area contributed by atoms with Gasteiger partial charge in [0.2, 0.25) is 11.9 Å². The van der Waals surface area contributed by atoms with Gasteiger partial charge in [0.25, 0.3) is 0 Å². The van der Waals surface area contributed by atoms with Gasteiger partial charge >= 0.3 is 0 Å². The van der Waals surface area contributed by atoms with E-state index in [-0.39, 0.29) is 30.1 Å². The number of anilines is 2. The van der Waals surface area contributed by atoms with Gasteiger partial charge in [0.15, 0.2) is 0 Å². The summed E-state index contributed by atoms with van der Waals surface area (Å²) in [5.41, 5.74) is 2.59. The van der Waals surface area contributed by atoms with E-state index in [1.165, 1.54) is 36.7 Å². The second-order valence-electron chi connectivity index (χ2n) is 8.55. The van der Waals surface area contributed by atoms with E-state index in [4.69, 9.17) is 16.9 Å². The Balaban J connectivity index is 1.51. The number of hydrogen-bond donors (Lipinski definition) is 2. The third kappa shape index (κ3) is 4.86. The highest BCUT2D eigenvalue weighted by Crippen LogP contribution is 2.36. The number of carbonyl (C=O) groups excluding carboxylic acids is 1. The maximum absolute atomic E-state index is 15.2. The van der Waals surface area contributed by atoms with Crippen LogP contribution in [0.15, 0.2) is 42.7 Å². The smallest absolute Gasteiger partial charge is 0.239 e. The molecule has 8 nitrogen and oxygen atoms in total. The summed E-state index contributed by atoms with van der Waals surface area (Å²) in [6, 6.07) is 9.00. The minimum atomic E-state index is -0.519. The van der Waals surface area contributed by atoms with Gasteiger partial charge in [-0.05, 0) is 31.2 Å². The highest BCUT2D eigenvalue weighted by molar-refractivity contribution is 6.35. The van der Waals surface area contributed by atoms with Crippen molar-refractivity contribution in [3.05, 3.63) is 76.2 Å². The fraction of sp³-hybridized carbons (Fsp3) is 0.192. The summed E-state index contributed by atoms with van der Waals surface area (Å²) in [4.78, 5) is 26.5. The number of hydrogen-bond acceptors (Lipinski definition) is 7. The zero-order chi connectivity index (χ0) is 26.1. The molecule has 2 aromatic carbocycles. The quantitative estimate of drug-likeness (QED) is 0.403. The second-order valence-corrected chi connectivity index (χ2v) is 8.93. The van der Waals surface area contributed by atoms with Gasteiger partial charge in [0.05, 0.1) is 40.1 Å². The summed E-state index contributed by atoms with van der Waals surface area (Å²) >= 11 is 6.57. The average molecular weight is 520 g/mol. The van der Waals surface area contributed by atoms with Crippen LogP contribution in [-0.2, 0) is 11.3 Å². The van der Waals surface area contributed by atoms with Crippen LogP contribution < -0.4 is 15.5 Å². The van der Waals surface area contributed by atoms with Crippen molar-refractivity contribution in [1.82, 2.24) is 20.3 Å². The van der Waals surface area contributed by atoms with Crippen molar-refractivity contribution in [2.45, 2.75) is 13.5 Å². The van der Waals surface area contributed by atoms with Gasteiger partial charge in [-0.15, -0.1) is 0 Å². The van der Waals surface area contributed by atoms with Crippen molar-refractivity contribution in [2.75, 3.05) is 29.9 Å². The molecule has 1 fully saturated rings. The first-order valence-corrected chi connectivity index (χ1v) is 11.8. The van der Waals surface area contributed by atoms with Crippen molar-refractivity contribution in [3.63, 3.8) is 0 Å². The number of carbonyl (C=O) groups is 1. The van der Waals surface area contributed by atoms with E-state index in [9.17, 15) is 9.18 Å². The molecule has 0 saturated carbocycles. The van der Waals surface area contributed by atoms with Gasteiger partial charge in [-0.25, -0.2) is 18.7 Å². The van der Waals surface area contributed by atoms with Crippen molar-refractivity contribution in [1.29, 1.82) is 5.26 Å². The largest absolute Gasteiger partial charge is 0.379 e. The van der Waals surface area contributed by atoms with Crippen LogP contribution >= 0.6 is 11.6 Å². The number of amides is 1. The molecule has 0 spiro atoms. The van der Waals surface area contributed by atoms with E-state index >= 15 is 4.39 Å². The molecule has 0 atom stereocenters. The zero-order valence-electron chi connectivity index (χ0n) is 19.6. The second kappa shape index (κ2) is 9.95. The molecule has 1 saturated heterocycles. The number of halogens is 3. The summed E-state index contributed by atoms with van der Waals surface area (Å²) in [5.74, 6) is -0.718. The fourth-order valence-corrected chi connectivity index (χ4v) is 4.39. The van der Waals surface area contributed by atoms with E-state index in [1.807, 2.05) is 6.07 Å². The Kier molecular flexibility index (Phi) is 6.54. The van der Waals surface area contributed by atoms with Gasteiger partial charge < -0.3 is 15.5 Å². The number of benzene rings is 2. The van der Waals surface area contributed by atoms with Crippen molar-refractivity contribution < 1.29 is 13.6 Å². The van der Waals surface area contributed by atoms with E-state index in [1.54, 1.807) is 17.9 Å². The predicted octanol–water partition coefficient (Wildman–Crippen LogP) is 4.35. The van der Waals surface area contributed by atoms with E-state index in [0.29, 0.717) is 57.5 Å². The molecule has 37 heavy (non-hydrogen) atoms. The van der Waals surface area contributed by atoms with Gasteiger partial charge in [-0.1, -0.05) is 11.6 Å². The number of nitrogens with one attached hydrogen (secondary N) is 2. The lowest BCUT2D eigenvalue weighted by atomic mass is 10.0. The topological polar surface area (TPSA) is 107 Å². The molecule has 3 heterocycles. The van der Waals surface area contributed by atoms with Crippen LogP contribution in [0.4, 0.5) is 20.4 Å². The van der Waals surface area contributed by atoms with Crippen LogP contribution in [0.2, 0.25) is 5.02 Å². The molecule has 2 aromatic heterocycles. The third-order valence-corrected chi connectivity index (χ3v) is 6.54. The molecular weight excluding hydrogens is 500 g/mol. The van der Waals surface area contributed by atoms with Gasteiger partial charge in [0.1, 0.15) is 11.6 Å². The lowest BCUT2D eigenvalue weighted by molar-refractivity contribution is -0.120. The maximum atomic E-state index is 15.2. The average Bonchev–Trinajstić information content (AvgIpc) is 2.90. The highest BCUT2D eigenvalue weighted by Gasteiger charge is 2.20. The molecule has 0 unspecified atom stereocenters. The number of nitrogens with zero attached hydrogens (tertiary/aromatic N) is 5. The van der Waals surface area contributed by atoms with Crippen LogP contribution in [0.1, 0.15) is 16.8 Å². The molecule has 11 heteroatoms. The van der Waals surface area contributed by atoms with Crippen LogP contribution in [0.5, 0.6) is 0 Å². The minimum Gasteiger partial charge on any atom is -0.379 e. The molecule has 1 aliphatic heterocycles. The minimum absolute atomic E-state index is 0.0492. The van der Waals surface area contributed by atoms with Crippen LogP contribution in [0, 0.1) is 29.9 Å². The van der Waals surface area contributed by atoms with Crippen molar-refractivity contribution in [2.24, 2.45) is 0 Å². The first-order chi connectivity index (χ1) is 17.8. The summed E-state index contributed by atoms with van der Waals surface area (Å²) < 4.78 is 29.5. The SMILES string of the molecule is Cc1nc2cc(F)c(-c3cnc(N4CCNC(=O)C4)nc3)cc2c(NCc2cc(C#N)ccc2F)c1Cl. The predicted molar refractivity (Wildman–Crippen MR) is 136 cm³/mol. The standard InChI is InChI=1S/C26H20ClF2N7O/c1-14-24(27)25(32-10-16-6-15(9-30)2-3-20(16)28)19-7-18(21(29)8-22(19)35-14)17-11-33-26(34-12-17)36-5-4-31-23(37)13-36/h2-3,6-8,11-12H,4-5,10,13H2,1H3,(H,31,37)(H,32,35). The number of pyridine rings is 1. The number of aromatic nitrogens is 3. The maximum Gasteiger partial charge on any atom is 0.239 e. The monoisotopic (exact) mass is 519 g/mol. The number of rotatable bonds is 5. The van der Waals surface area contributed by atoms with Gasteiger partial charge in [-0.3, -0.25) is 9.78 Å². The summed E-state index contributed by atoms with van der Waals surface area (Å²) in [6.07, 6.45) is 3.00. The van der Waals surface area contributed by atoms with E-state index in [0.717, 1.165) is 0 Å². The molecule has 4 aromatic rings. The zero-order valence-corrected chi connectivity index (χ0v) is 20.4. The Bertz CT molecular complexity index is 1570. The Morgan fingerprint density at radius 2 is 1.97 bits per heavy atom. The lowest BCUT2D eigenvalue weighted by Crippen LogP contribution is -2.48. The summed E-state index contributed by atoms with van der Waals surface area (Å²) in [7, 11) is 0. The van der Waals surface area contributed by atoms with E-state index in [2.05, 4.69) is 25.6 Å². The van der Waals surface area contributed by atoms with Crippen molar-refractivity contribution >= 4 is 40.0 Å². The molecule has 1 amide bonds. The van der Waals surface area contributed by atoms with E-state index < -0.39 is 11.6 Å². The Morgan fingerprint density at radius 3 is 2.70 bits per heavy atom. The highest BCUT2D eigenvalue weighted by atomic mass is 35.5. The number of aryl methyl sites for hydroxylation is 1. The van der Waals surface area contributed by atoms with Gasteiger partial charge in [-0.2, -0.15) is 5.26 Å². The van der Waals surface area contributed by atoms with Crippen LogP contribution in [-0.4, -0.2) is 40.5 Å². The van der Waals surface area contributed by atoms with Crippen LogP contribution in [0.25, 0.3) is 22.0 Å². The Morgan fingerprint density at radius 1 is 1.19 bits per heavy atom. The normalized spacial score (nSPS) is 13.4. The van der Waals surface area contributed by atoms with Gasteiger partial charge in [0, 0.05) is 60.2 Å². The first-order valence-electron chi connectivity index (χ1n) is 11.4. The van der Waals surface area contributed by atoms with Crippen LogP contribution in [0.3, 0.4) is 0 Å². The summed E-state index contributed by atoms with van der Waals surface area (Å²) in [6.45, 7) is 2.97. The molecule has 0 radical (unpaired) electrons. The first kappa shape index (κ1) is 24.3. The lowest BCUT2D eigenvalue weighted by Gasteiger charge is -2.26. The molecule has 5 rings (SSSR count). The Labute approximate surface area is 215 Å². The molecular formula is C26H20ClF2N7O. The fourth-order valence-electron chi connectivity index (χ4n) is 4.17. The Hall–Kier alpha value is -4.36. The molecule has 0 bridgehead atoms. The third-order valence-electron chi connectivity index (χ3n) is 6.08. The number of nitriles is 1. The molecule has 2 N–H and O–H groups in total. The molecule has 186 valence electrons. The molecule has 1 aliphatic rings. The van der Waals surface area contributed by atoms with Crippen molar-refractivity contribution in [3.8, 4) is 17.2 Å². The molecule has 0 aliphatic carbocycles. The summed E-state index contributed by atoms with van der Waals surface area (Å²) in [5, 5.41) is 15.9. The number of piperazine rings is 1.